The first-order chi connectivity index (χ1) is 12.5. The highest BCUT2D eigenvalue weighted by Gasteiger charge is 2.40. The van der Waals surface area contributed by atoms with Gasteiger partial charge < -0.3 is 8.99 Å². The lowest BCUT2D eigenvalue weighted by Crippen LogP contribution is -2.45. The van der Waals surface area contributed by atoms with Gasteiger partial charge in [0.15, 0.2) is 8.32 Å². The molecule has 0 amide bonds. The molecule has 0 N–H and O–H groups in total. The third-order valence-corrected chi connectivity index (χ3v) is 11.7. The molecule has 2 atom stereocenters. The van der Waals surface area contributed by atoms with Crippen LogP contribution in [0.25, 0.3) is 10.9 Å². The highest BCUT2D eigenvalue weighted by atomic mass is 79.9. The van der Waals surface area contributed by atoms with E-state index in [0.29, 0.717) is 12.1 Å². The lowest BCUT2D eigenvalue weighted by Gasteiger charge is -2.42. The molecule has 1 aromatic heterocycles. The Morgan fingerprint density at radius 2 is 1.96 bits per heavy atom. The quantitative estimate of drug-likeness (QED) is 0.471. The van der Waals surface area contributed by atoms with E-state index in [1.165, 1.54) is 24.8 Å². The zero-order valence-corrected chi connectivity index (χ0v) is 20.0. The lowest BCUT2D eigenvalue weighted by atomic mass is 9.92. The maximum Gasteiger partial charge on any atom is 0.192 e. The van der Waals surface area contributed by atoms with Gasteiger partial charge >= 0.3 is 0 Å². The fraction of sp³-hybridized carbons (Fsp3) is 0.591. The van der Waals surface area contributed by atoms with Crippen molar-refractivity contribution in [1.29, 1.82) is 5.26 Å². The van der Waals surface area contributed by atoms with E-state index in [1.54, 1.807) is 0 Å². The Morgan fingerprint density at radius 3 is 2.59 bits per heavy atom. The number of hydrogen-bond acceptors (Lipinski definition) is 2. The summed E-state index contributed by atoms with van der Waals surface area (Å²) in [6, 6.07) is 6.93. The topological polar surface area (TPSA) is 38.0 Å². The zero-order valence-electron chi connectivity index (χ0n) is 17.4. The second-order valence-corrected chi connectivity index (χ2v) is 15.1. The van der Waals surface area contributed by atoms with Crippen molar-refractivity contribution in [1.82, 2.24) is 4.57 Å². The third kappa shape index (κ3) is 4.04. The third-order valence-electron chi connectivity index (χ3n) is 6.51. The Kier molecular flexibility index (Phi) is 5.64. The van der Waals surface area contributed by atoms with Crippen molar-refractivity contribution in [3.8, 4) is 6.07 Å². The van der Waals surface area contributed by atoms with E-state index >= 15 is 0 Å². The molecule has 1 aromatic carbocycles. The molecule has 2 aromatic rings. The Labute approximate surface area is 173 Å². The van der Waals surface area contributed by atoms with Crippen LogP contribution >= 0.6 is 15.9 Å². The van der Waals surface area contributed by atoms with Crippen LogP contribution in [0.3, 0.4) is 0 Å². The summed E-state index contributed by atoms with van der Waals surface area (Å²) in [5.41, 5.74) is 3.02. The Morgan fingerprint density at radius 1 is 1.26 bits per heavy atom. The smallest absolute Gasteiger partial charge is 0.192 e. The van der Waals surface area contributed by atoms with E-state index < -0.39 is 8.32 Å². The van der Waals surface area contributed by atoms with E-state index in [0.717, 1.165) is 27.4 Å². The molecule has 5 heteroatoms. The molecule has 1 heterocycles. The largest absolute Gasteiger partial charge is 0.414 e. The van der Waals surface area contributed by atoms with Gasteiger partial charge in [-0.2, -0.15) is 5.26 Å². The molecular formula is C22H31BrN2OSi. The highest BCUT2D eigenvalue weighted by molar-refractivity contribution is 9.10. The zero-order chi connectivity index (χ0) is 20.0. The van der Waals surface area contributed by atoms with Crippen LogP contribution in [0.15, 0.2) is 22.8 Å². The predicted octanol–water partition coefficient (Wildman–Crippen LogP) is 7.09. The van der Waals surface area contributed by atoms with Crippen molar-refractivity contribution >= 4 is 35.2 Å². The van der Waals surface area contributed by atoms with Crippen LogP contribution in [0.5, 0.6) is 0 Å². The van der Waals surface area contributed by atoms with Crippen molar-refractivity contribution in [3.63, 3.8) is 0 Å². The maximum absolute atomic E-state index is 9.35. The van der Waals surface area contributed by atoms with Gasteiger partial charge in [-0.05, 0) is 84.4 Å². The minimum absolute atomic E-state index is 0.244. The monoisotopic (exact) mass is 446 g/mol. The molecular weight excluding hydrogens is 416 g/mol. The number of fused-ring (bicyclic) bond motifs is 1. The summed E-state index contributed by atoms with van der Waals surface area (Å²) in [4.78, 5) is 0. The minimum Gasteiger partial charge on any atom is -0.414 e. The number of rotatable bonds is 3. The normalized spacial score (nSPS) is 21.4. The molecule has 0 unspecified atom stereocenters. The molecule has 146 valence electrons. The van der Waals surface area contributed by atoms with Crippen LogP contribution in [0.4, 0.5) is 0 Å². The summed E-state index contributed by atoms with van der Waals surface area (Å²) >= 11 is 3.71. The van der Waals surface area contributed by atoms with E-state index in [9.17, 15) is 5.26 Å². The molecule has 0 spiro atoms. The van der Waals surface area contributed by atoms with Crippen LogP contribution in [-0.2, 0) is 4.43 Å². The van der Waals surface area contributed by atoms with Crippen molar-refractivity contribution in [3.05, 3.63) is 33.9 Å². The summed E-state index contributed by atoms with van der Waals surface area (Å²) in [6.45, 7) is 13.7. The number of hydrogen-bond donors (Lipinski definition) is 0. The fourth-order valence-corrected chi connectivity index (χ4v) is 5.79. The Balaban J connectivity index is 1.89. The Bertz CT molecular complexity index is 888. The molecule has 0 radical (unpaired) electrons. The van der Waals surface area contributed by atoms with E-state index in [4.69, 9.17) is 4.43 Å². The minimum atomic E-state index is -1.75. The van der Waals surface area contributed by atoms with Crippen LogP contribution in [0, 0.1) is 18.3 Å². The molecule has 3 nitrogen and oxygen atoms in total. The Hall–Kier alpha value is -1.09. The lowest BCUT2D eigenvalue weighted by molar-refractivity contribution is 0.113. The van der Waals surface area contributed by atoms with Gasteiger partial charge in [0, 0.05) is 33.7 Å². The van der Waals surface area contributed by atoms with Crippen LogP contribution in [0.1, 0.15) is 63.6 Å². The average Bonchev–Trinajstić information content (AvgIpc) is 2.89. The predicted molar refractivity (Wildman–Crippen MR) is 119 cm³/mol. The number of halogens is 1. The SMILES string of the molecule is Cc1cc2c(cc1C#N)c(Br)cn2[C@@H]1CCC[C@H](O[Si](C)(C)C(C)(C)C)C1. The first-order valence-electron chi connectivity index (χ1n) is 9.92. The first kappa shape index (κ1) is 20.6. The molecule has 0 saturated heterocycles. The van der Waals surface area contributed by atoms with Crippen molar-refractivity contribution in [2.45, 2.75) is 83.7 Å². The second-order valence-electron chi connectivity index (χ2n) is 9.50. The summed E-state index contributed by atoms with van der Waals surface area (Å²) in [6.07, 6.45) is 7.18. The molecule has 1 aliphatic rings. The van der Waals surface area contributed by atoms with Crippen LogP contribution in [0.2, 0.25) is 18.1 Å². The number of nitriles is 1. The summed E-state index contributed by atoms with van der Waals surface area (Å²) in [5, 5.41) is 10.7. The molecule has 3 rings (SSSR count). The first-order valence-corrected chi connectivity index (χ1v) is 13.6. The molecule has 1 aliphatic carbocycles. The van der Waals surface area contributed by atoms with Gasteiger partial charge in [0.05, 0.1) is 11.6 Å². The van der Waals surface area contributed by atoms with Crippen molar-refractivity contribution in [2.24, 2.45) is 0 Å². The van der Waals surface area contributed by atoms with Gasteiger partial charge in [-0.1, -0.05) is 20.8 Å². The van der Waals surface area contributed by atoms with Crippen molar-refractivity contribution in [2.75, 3.05) is 0 Å². The highest BCUT2D eigenvalue weighted by Crippen LogP contribution is 2.42. The molecule has 1 fully saturated rings. The van der Waals surface area contributed by atoms with Gasteiger partial charge in [-0.3, -0.25) is 0 Å². The van der Waals surface area contributed by atoms with Crippen molar-refractivity contribution < 1.29 is 4.43 Å². The number of aryl methyl sites for hydroxylation is 1. The van der Waals surface area contributed by atoms with Gasteiger partial charge in [0.25, 0.3) is 0 Å². The summed E-state index contributed by atoms with van der Waals surface area (Å²) in [7, 11) is -1.75. The fourth-order valence-electron chi connectivity index (χ4n) is 3.85. The van der Waals surface area contributed by atoms with Gasteiger partial charge in [0.2, 0.25) is 0 Å². The number of nitrogens with zero attached hydrogens (tertiary/aromatic N) is 2. The van der Waals surface area contributed by atoms with Gasteiger partial charge in [-0.25, -0.2) is 0 Å². The summed E-state index contributed by atoms with van der Waals surface area (Å²) in [5.74, 6) is 0. The number of aromatic nitrogens is 1. The molecule has 0 aliphatic heterocycles. The second kappa shape index (κ2) is 7.38. The summed E-state index contributed by atoms with van der Waals surface area (Å²) < 4.78 is 10.2. The van der Waals surface area contributed by atoms with E-state index in [-0.39, 0.29) is 5.04 Å². The standard InChI is InChI=1S/C22H31BrN2OSi/c1-15-10-21-19(11-16(15)13-24)20(23)14-25(21)17-8-7-9-18(12-17)26-27(5,6)22(2,3)4/h10-11,14,17-18H,7-9,12H2,1-6H3/t17-,18+/m1/s1. The van der Waals surface area contributed by atoms with Crippen LogP contribution in [-0.4, -0.2) is 19.0 Å². The van der Waals surface area contributed by atoms with E-state index in [2.05, 4.69) is 72.7 Å². The average molecular weight is 447 g/mol. The molecule has 27 heavy (non-hydrogen) atoms. The van der Waals surface area contributed by atoms with Crippen LogP contribution < -0.4 is 0 Å². The van der Waals surface area contributed by atoms with Gasteiger partial charge in [0.1, 0.15) is 0 Å². The molecule has 1 saturated carbocycles. The number of benzene rings is 1. The molecule has 0 bridgehead atoms. The van der Waals surface area contributed by atoms with E-state index in [1.807, 2.05) is 13.0 Å². The maximum atomic E-state index is 9.35. The van der Waals surface area contributed by atoms with Gasteiger partial charge in [-0.15, -0.1) is 0 Å².